The van der Waals surface area contributed by atoms with Crippen molar-refractivity contribution in [2.45, 2.75) is 26.2 Å². The molecule has 1 atom stereocenters. The molecule has 18 heavy (non-hydrogen) atoms. The van der Waals surface area contributed by atoms with Gasteiger partial charge in [0.1, 0.15) is 0 Å². The quantitative estimate of drug-likeness (QED) is 0.880. The Morgan fingerprint density at radius 2 is 2.39 bits per heavy atom. The van der Waals surface area contributed by atoms with E-state index in [1.165, 1.54) is 6.42 Å². The Balaban J connectivity index is 1.84. The number of hydrogen-bond acceptors (Lipinski definition) is 2. The molecule has 1 aromatic carbocycles. The van der Waals surface area contributed by atoms with Gasteiger partial charge in [-0.2, -0.15) is 0 Å². The molecule has 1 unspecified atom stereocenters. The molecule has 2 rings (SSSR count). The zero-order chi connectivity index (χ0) is 13.0. The van der Waals surface area contributed by atoms with E-state index >= 15 is 0 Å². The number of carbonyl (C=O) groups is 1. The highest BCUT2D eigenvalue weighted by Crippen LogP contribution is 2.23. The third-order valence-electron chi connectivity index (χ3n) is 3.34. The van der Waals surface area contributed by atoms with Crippen LogP contribution in [-0.2, 0) is 4.79 Å². The van der Waals surface area contributed by atoms with Crippen LogP contribution in [0.3, 0.4) is 0 Å². The van der Waals surface area contributed by atoms with Crippen molar-refractivity contribution in [1.29, 1.82) is 0 Å². The maximum Gasteiger partial charge on any atom is 0.224 e. The fourth-order valence-corrected chi connectivity index (χ4v) is 2.41. The largest absolute Gasteiger partial charge is 0.325 e. The number of nitrogens with one attached hydrogen (secondary N) is 2. The summed E-state index contributed by atoms with van der Waals surface area (Å²) in [6, 6.07) is 5.65. The van der Waals surface area contributed by atoms with Gasteiger partial charge in [-0.25, -0.2) is 0 Å². The first-order valence-electron chi connectivity index (χ1n) is 6.42. The number of anilines is 1. The zero-order valence-electron chi connectivity index (χ0n) is 10.6. The van der Waals surface area contributed by atoms with Crippen LogP contribution in [0.4, 0.5) is 5.69 Å². The van der Waals surface area contributed by atoms with Crippen molar-refractivity contribution in [2.75, 3.05) is 18.4 Å². The van der Waals surface area contributed by atoms with E-state index < -0.39 is 0 Å². The van der Waals surface area contributed by atoms with E-state index in [9.17, 15) is 4.79 Å². The molecule has 0 aromatic heterocycles. The van der Waals surface area contributed by atoms with Crippen molar-refractivity contribution in [3.05, 3.63) is 28.8 Å². The summed E-state index contributed by atoms with van der Waals surface area (Å²) in [5.74, 6) is 0.693. The van der Waals surface area contributed by atoms with Crippen LogP contribution in [0, 0.1) is 12.8 Å². The van der Waals surface area contributed by atoms with E-state index in [2.05, 4.69) is 10.6 Å². The summed E-state index contributed by atoms with van der Waals surface area (Å²) >= 11 is 6.04. The molecule has 1 aliphatic heterocycles. The molecule has 4 heteroatoms. The Morgan fingerprint density at radius 3 is 3.11 bits per heavy atom. The topological polar surface area (TPSA) is 41.1 Å². The van der Waals surface area contributed by atoms with Gasteiger partial charge in [0, 0.05) is 6.42 Å². The number of amides is 1. The number of rotatable bonds is 4. The summed E-state index contributed by atoms with van der Waals surface area (Å²) in [5, 5.41) is 6.79. The van der Waals surface area contributed by atoms with Crippen LogP contribution < -0.4 is 10.6 Å². The van der Waals surface area contributed by atoms with Crippen LogP contribution in [0.25, 0.3) is 0 Å². The smallest absolute Gasteiger partial charge is 0.224 e. The highest BCUT2D eigenvalue weighted by Gasteiger charge is 2.16. The summed E-state index contributed by atoms with van der Waals surface area (Å²) in [6.07, 6.45) is 2.69. The first kappa shape index (κ1) is 13.4. The van der Waals surface area contributed by atoms with Gasteiger partial charge in [-0.05, 0) is 56.5 Å². The highest BCUT2D eigenvalue weighted by molar-refractivity contribution is 6.33. The molecule has 98 valence electrons. The molecule has 1 saturated heterocycles. The molecule has 1 heterocycles. The van der Waals surface area contributed by atoms with Crippen LogP contribution >= 0.6 is 11.6 Å². The van der Waals surface area contributed by atoms with Gasteiger partial charge in [0.05, 0.1) is 10.7 Å². The molecule has 1 aliphatic rings. The van der Waals surface area contributed by atoms with Gasteiger partial charge in [-0.1, -0.05) is 17.7 Å². The number of hydrogen-bond donors (Lipinski definition) is 2. The molecule has 1 fully saturated rings. The van der Waals surface area contributed by atoms with Gasteiger partial charge >= 0.3 is 0 Å². The van der Waals surface area contributed by atoms with Crippen LogP contribution in [0.2, 0.25) is 5.02 Å². The van der Waals surface area contributed by atoms with Crippen LogP contribution in [0.15, 0.2) is 18.2 Å². The lowest BCUT2D eigenvalue weighted by atomic mass is 10.0. The molecule has 1 amide bonds. The number of aryl methyl sites for hydroxylation is 1. The van der Waals surface area contributed by atoms with Crippen molar-refractivity contribution in [2.24, 2.45) is 5.92 Å². The van der Waals surface area contributed by atoms with E-state index in [-0.39, 0.29) is 5.91 Å². The molecule has 2 N–H and O–H groups in total. The van der Waals surface area contributed by atoms with Crippen molar-refractivity contribution in [3.8, 4) is 0 Å². The monoisotopic (exact) mass is 266 g/mol. The van der Waals surface area contributed by atoms with Crippen molar-refractivity contribution >= 4 is 23.2 Å². The molecule has 1 aromatic rings. The highest BCUT2D eigenvalue weighted by atomic mass is 35.5. The van der Waals surface area contributed by atoms with Gasteiger partial charge in [-0.3, -0.25) is 4.79 Å². The minimum Gasteiger partial charge on any atom is -0.325 e. The average molecular weight is 267 g/mol. The lowest BCUT2D eigenvalue weighted by Crippen LogP contribution is -2.15. The number of benzene rings is 1. The van der Waals surface area contributed by atoms with Gasteiger partial charge < -0.3 is 10.6 Å². The maximum absolute atomic E-state index is 11.8. The Labute approximate surface area is 113 Å². The summed E-state index contributed by atoms with van der Waals surface area (Å²) in [4.78, 5) is 11.8. The van der Waals surface area contributed by atoms with E-state index in [4.69, 9.17) is 11.6 Å². The molecular weight excluding hydrogens is 248 g/mol. The lowest BCUT2D eigenvalue weighted by Gasteiger charge is -2.10. The Kier molecular flexibility index (Phi) is 4.61. The van der Waals surface area contributed by atoms with Gasteiger partial charge in [-0.15, -0.1) is 0 Å². The van der Waals surface area contributed by atoms with Gasteiger partial charge in [0.15, 0.2) is 0 Å². The fraction of sp³-hybridized carbons (Fsp3) is 0.500. The predicted molar refractivity (Wildman–Crippen MR) is 75.0 cm³/mol. The first-order valence-corrected chi connectivity index (χ1v) is 6.79. The van der Waals surface area contributed by atoms with Crippen LogP contribution in [0.1, 0.15) is 24.8 Å². The zero-order valence-corrected chi connectivity index (χ0v) is 11.4. The fourth-order valence-electron chi connectivity index (χ4n) is 2.24. The molecular formula is C14H19ClN2O. The first-order chi connectivity index (χ1) is 8.65. The molecule has 0 bridgehead atoms. The second-order valence-electron chi connectivity index (χ2n) is 4.93. The molecule has 0 saturated carbocycles. The molecule has 3 nitrogen and oxygen atoms in total. The Bertz CT molecular complexity index is 428. The molecule has 0 radical (unpaired) electrons. The summed E-state index contributed by atoms with van der Waals surface area (Å²) in [7, 11) is 0. The van der Waals surface area contributed by atoms with Crippen LogP contribution in [0.5, 0.6) is 0 Å². The van der Waals surface area contributed by atoms with Crippen LogP contribution in [-0.4, -0.2) is 19.0 Å². The maximum atomic E-state index is 11.8. The summed E-state index contributed by atoms with van der Waals surface area (Å²) in [6.45, 7) is 4.10. The van der Waals surface area contributed by atoms with Gasteiger partial charge in [0.2, 0.25) is 5.91 Å². The predicted octanol–water partition coefficient (Wildman–Crippen LogP) is 2.98. The SMILES string of the molecule is Cc1ccc(Cl)c(NC(=O)CCC2CCNC2)c1. The lowest BCUT2D eigenvalue weighted by molar-refractivity contribution is -0.116. The second-order valence-corrected chi connectivity index (χ2v) is 5.34. The van der Waals surface area contributed by atoms with E-state index in [1.54, 1.807) is 0 Å². The number of halogens is 1. The van der Waals surface area contributed by atoms with Gasteiger partial charge in [0.25, 0.3) is 0 Å². The average Bonchev–Trinajstić information content (AvgIpc) is 2.84. The summed E-state index contributed by atoms with van der Waals surface area (Å²) in [5.41, 5.74) is 1.81. The third kappa shape index (κ3) is 3.72. The minimum atomic E-state index is 0.0504. The van der Waals surface area contributed by atoms with E-state index in [0.717, 1.165) is 25.1 Å². The minimum absolute atomic E-state index is 0.0504. The number of carbonyl (C=O) groups excluding carboxylic acids is 1. The second kappa shape index (κ2) is 6.21. The third-order valence-corrected chi connectivity index (χ3v) is 3.67. The van der Waals surface area contributed by atoms with E-state index in [1.807, 2.05) is 25.1 Å². The standard InChI is InChI=1S/C14H19ClN2O/c1-10-2-4-12(15)13(8-10)17-14(18)5-3-11-6-7-16-9-11/h2,4,8,11,16H,3,5-7,9H2,1H3,(H,17,18). The molecule has 0 aliphatic carbocycles. The Hall–Kier alpha value is -1.06. The normalized spacial score (nSPS) is 18.9. The van der Waals surface area contributed by atoms with Crippen molar-refractivity contribution in [1.82, 2.24) is 5.32 Å². The molecule has 0 spiro atoms. The van der Waals surface area contributed by atoms with Crippen molar-refractivity contribution < 1.29 is 4.79 Å². The van der Waals surface area contributed by atoms with Crippen molar-refractivity contribution in [3.63, 3.8) is 0 Å². The van der Waals surface area contributed by atoms with E-state index in [0.29, 0.717) is 23.0 Å². The Morgan fingerprint density at radius 1 is 1.56 bits per heavy atom. The summed E-state index contributed by atoms with van der Waals surface area (Å²) < 4.78 is 0.